The van der Waals surface area contributed by atoms with Crippen LogP contribution in [0, 0.1) is 5.82 Å². The van der Waals surface area contributed by atoms with E-state index in [1.54, 1.807) is 12.1 Å². The highest BCUT2D eigenvalue weighted by atomic mass is 79.9. The van der Waals surface area contributed by atoms with Crippen molar-refractivity contribution in [3.05, 3.63) is 34.1 Å². The lowest BCUT2D eigenvalue weighted by atomic mass is 10.0. The van der Waals surface area contributed by atoms with Gasteiger partial charge >= 0.3 is 0 Å². The first-order valence-electron chi connectivity index (χ1n) is 6.28. The zero-order chi connectivity index (χ0) is 13.8. The minimum Gasteiger partial charge on any atom is -0.368 e. The van der Waals surface area contributed by atoms with E-state index in [2.05, 4.69) is 21.2 Å². The molecule has 1 aromatic rings. The molecule has 4 nitrogen and oxygen atoms in total. The second-order valence-corrected chi connectivity index (χ2v) is 5.47. The van der Waals surface area contributed by atoms with Gasteiger partial charge in [0.2, 0.25) is 5.91 Å². The predicted octanol–water partition coefficient (Wildman–Crippen LogP) is 1.41. The van der Waals surface area contributed by atoms with E-state index >= 15 is 0 Å². The molecule has 3 N–H and O–H groups in total. The van der Waals surface area contributed by atoms with Gasteiger partial charge < -0.3 is 11.1 Å². The first-order valence-corrected chi connectivity index (χ1v) is 7.08. The summed E-state index contributed by atoms with van der Waals surface area (Å²) < 4.78 is 13.6. The molecule has 0 spiro atoms. The minimum absolute atomic E-state index is 0.343. The van der Waals surface area contributed by atoms with Crippen molar-refractivity contribution < 1.29 is 9.18 Å². The number of carbonyl (C=O) groups is 1. The molecule has 0 aliphatic carbocycles. The average molecular weight is 330 g/mol. The van der Waals surface area contributed by atoms with E-state index in [1.807, 2.05) is 4.90 Å². The summed E-state index contributed by atoms with van der Waals surface area (Å²) in [6.07, 6.45) is 0.964. The molecule has 2 rings (SSSR count). The Hall–Kier alpha value is -0.980. The third kappa shape index (κ3) is 3.52. The van der Waals surface area contributed by atoms with E-state index in [0.29, 0.717) is 4.47 Å². The fourth-order valence-corrected chi connectivity index (χ4v) is 2.76. The summed E-state index contributed by atoms with van der Waals surface area (Å²) in [4.78, 5) is 13.8. The summed E-state index contributed by atoms with van der Waals surface area (Å²) in [5, 5.41) is 3.28. The molecule has 104 valence electrons. The van der Waals surface area contributed by atoms with E-state index in [9.17, 15) is 9.18 Å². The van der Waals surface area contributed by atoms with E-state index in [-0.39, 0.29) is 5.82 Å². The lowest BCUT2D eigenvalue weighted by molar-refractivity contribution is -0.123. The topological polar surface area (TPSA) is 58.4 Å². The van der Waals surface area contributed by atoms with Crippen molar-refractivity contribution in [2.24, 2.45) is 5.73 Å². The molecule has 0 radical (unpaired) electrons. The van der Waals surface area contributed by atoms with Crippen molar-refractivity contribution in [1.29, 1.82) is 0 Å². The zero-order valence-electron chi connectivity index (χ0n) is 10.5. The quantitative estimate of drug-likeness (QED) is 0.881. The summed E-state index contributed by atoms with van der Waals surface area (Å²) in [5.41, 5.74) is 6.25. The van der Waals surface area contributed by atoms with Crippen LogP contribution in [0.3, 0.4) is 0 Å². The maximum absolute atomic E-state index is 13.3. The van der Waals surface area contributed by atoms with Crippen LogP contribution in [-0.4, -0.2) is 37.0 Å². The summed E-state index contributed by atoms with van der Waals surface area (Å²) in [7, 11) is 0. The van der Waals surface area contributed by atoms with E-state index in [1.165, 1.54) is 6.07 Å². The maximum atomic E-state index is 13.3. The Balaban J connectivity index is 2.27. The van der Waals surface area contributed by atoms with Gasteiger partial charge in [0.05, 0.1) is 4.47 Å². The van der Waals surface area contributed by atoms with Gasteiger partial charge in [0.25, 0.3) is 0 Å². The monoisotopic (exact) mass is 329 g/mol. The van der Waals surface area contributed by atoms with Gasteiger partial charge in [-0.2, -0.15) is 0 Å². The number of nitrogens with two attached hydrogens (primary N) is 1. The molecule has 1 fully saturated rings. The second-order valence-electron chi connectivity index (χ2n) is 4.62. The molecule has 1 saturated heterocycles. The molecule has 1 atom stereocenters. The summed E-state index contributed by atoms with van der Waals surface area (Å²) in [6, 6.07) is 4.10. The fraction of sp³-hybridized carbons (Fsp3) is 0.462. The predicted molar refractivity (Wildman–Crippen MR) is 75.1 cm³/mol. The van der Waals surface area contributed by atoms with E-state index in [0.717, 1.165) is 38.2 Å². The van der Waals surface area contributed by atoms with E-state index in [4.69, 9.17) is 5.73 Å². The van der Waals surface area contributed by atoms with Crippen LogP contribution < -0.4 is 11.1 Å². The molecule has 1 aliphatic rings. The van der Waals surface area contributed by atoms with Crippen LogP contribution >= 0.6 is 15.9 Å². The van der Waals surface area contributed by atoms with Crippen molar-refractivity contribution >= 4 is 21.8 Å². The first kappa shape index (κ1) is 14.4. The van der Waals surface area contributed by atoms with Gasteiger partial charge in [-0.15, -0.1) is 0 Å². The molecule has 0 aromatic heterocycles. The van der Waals surface area contributed by atoms with Gasteiger partial charge in [-0.1, -0.05) is 6.07 Å². The molecule has 1 aliphatic heterocycles. The molecule has 1 heterocycles. The first-order chi connectivity index (χ1) is 9.09. The third-order valence-corrected chi connectivity index (χ3v) is 3.88. The van der Waals surface area contributed by atoms with Crippen LogP contribution in [-0.2, 0) is 4.79 Å². The number of halogens is 2. The van der Waals surface area contributed by atoms with Crippen molar-refractivity contribution in [1.82, 2.24) is 10.2 Å². The number of nitrogens with one attached hydrogen (secondary N) is 1. The Kier molecular flexibility index (Phi) is 4.90. The summed E-state index contributed by atoms with van der Waals surface area (Å²) >= 11 is 3.14. The normalized spacial score (nSPS) is 18.8. The van der Waals surface area contributed by atoms with Crippen LogP contribution in [0.25, 0.3) is 0 Å². The molecule has 1 unspecified atom stereocenters. The number of primary amides is 1. The molecule has 1 aromatic carbocycles. The van der Waals surface area contributed by atoms with Crippen LogP contribution in [0.2, 0.25) is 0 Å². The van der Waals surface area contributed by atoms with Gasteiger partial charge in [-0.25, -0.2) is 4.39 Å². The highest BCUT2D eigenvalue weighted by molar-refractivity contribution is 9.10. The molecular weight excluding hydrogens is 313 g/mol. The van der Waals surface area contributed by atoms with Gasteiger partial charge in [-0.05, 0) is 46.6 Å². The van der Waals surface area contributed by atoms with Crippen LogP contribution in [0.4, 0.5) is 4.39 Å². The average Bonchev–Trinajstić information content (AvgIpc) is 2.62. The zero-order valence-corrected chi connectivity index (χ0v) is 12.1. The number of benzene rings is 1. The fourth-order valence-electron chi connectivity index (χ4n) is 2.36. The number of amides is 1. The highest BCUT2D eigenvalue weighted by Crippen LogP contribution is 2.25. The van der Waals surface area contributed by atoms with Crippen LogP contribution in [0.15, 0.2) is 22.7 Å². The highest BCUT2D eigenvalue weighted by Gasteiger charge is 2.26. The van der Waals surface area contributed by atoms with Crippen LogP contribution in [0.5, 0.6) is 0 Å². The Bertz CT molecular complexity index is 461. The minimum atomic E-state index is -0.503. The summed E-state index contributed by atoms with van der Waals surface area (Å²) in [6.45, 7) is 3.32. The number of nitrogens with zero attached hydrogens (tertiary/aromatic N) is 1. The van der Waals surface area contributed by atoms with Gasteiger partial charge in [0.1, 0.15) is 11.9 Å². The van der Waals surface area contributed by atoms with Crippen molar-refractivity contribution in [2.45, 2.75) is 12.5 Å². The lowest BCUT2D eigenvalue weighted by Gasteiger charge is -2.28. The van der Waals surface area contributed by atoms with Crippen molar-refractivity contribution in [3.8, 4) is 0 Å². The lowest BCUT2D eigenvalue weighted by Crippen LogP contribution is -2.39. The van der Waals surface area contributed by atoms with E-state index < -0.39 is 11.9 Å². The van der Waals surface area contributed by atoms with Gasteiger partial charge in [0.15, 0.2) is 0 Å². The number of hydrogen-bond acceptors (Lipinski definition) is 3. The Morgan fingerprint density at radius 1 is 1.42 bits per heavy atom. The molecule has 0 saturated carbocycles. The second kappa shape index (κ2) is 6.45. The molecule has 6 heteroatoms. The number of rotatable bonds is 3. The molecular formula is C13H17BrFN3O. The third-order valence-electron chi connectivity index (χ3n) is 3.27. The summed E-state index contributed by atoms with van der Waals surface area (Å²) in [5.74, 6) is -0.745. The molecule has 1 amide bonds. The smallest absolute Gasteiger partial charge is 0.239 e. The van der Waals surface area contributed by atoms with Gasteiger partial charge in [-0.3, -0.25) is 9.69 Å². The molecule has 0 bridgehead atoms. The van der Waals surface area contributed by atoms with Crippen molar-refractivity contribution in [3.63, 3.8) is 0 Å². The number of hydrogen-bond donors (Lipinski definition) is 2. The van der Waals surface area contributed by atoms with Gasteiger partial charge in [0, 0.05) is 19.6 Å². The Morgan fingerprint density at radius 2 is 2.21 bits per heavy atom. The maximum Gasteiger partial charge on any atom is 0.239 e. The largest absolute Gasteiger partial charge is 0.368 e. The van der Waals surface area contributed by atoms with Crippen LogP contribution in [0.1, 0.15) is 18.0 Å². The standard InChI is InChI=1S/C13H17BrFN3O/c14-10-8-9(2-3-11(10)15)12(13(16)19)18-6-1-4-17-5-7-18/h2-3,8,12,17H,1,4-7H2,(H2,16,19). The number of carbonyl (C=O) groups excluding carboxylic acids is 1. The molecule has 19 heavy (non-hydrogen) atoms. The Morgan fingerprint density at radius 3 is 2.89 bits per heavy atom. The SMILES string of the molecule is NC(=O)C(c1ccc(F)c(Br)c1)N1CCCNCC1. The Labute approximate surface area is 120 Å². The van der Waals surface area contributed by atoms with Crippen molar-refractivity contribution in [2.75, 3.05) is 26.2 Å².